The summed E-state index contributed by atoms with van der Waals surface area (Å²) >= 11 is 0. The summed E-state index contributed by atoms with van der Waals surface area (Å²) in [5, 5.41) is 3.73. The maximum Gasteiger partial charge on any atom is 0.0315 e. The van der Waals surface area contributed by atoms with Crippen molar-refractivity contribution in [2.45, 2.75) is 51.7 Å². The van der Waals surface area contributed by atoms with Gasteiger partial charge in [0.05, 0.1) is 0 Å². The molecule has 1 aliphatic heterocycles. The van der Waals surface area contributed by atoms with Gasteiger partial charge in [-0.3, -0.25) is 4.98 Å². The molecule has 100 valence electrons. The Hall–Kier alpha value is -0.930. The third kappa shape index (κ3) is 3.53. The van der Waals surface area contributed by atoms with Gasteiger partial charge in [0.15, 0.2) is 0 Å². The number of likely N-dealkylation sites (tertiary alicyclic amines) is 1. The Kier molecular flexibility index (Phi) is 4.72. The zero-order valence-corrected chi connectivity index (χ0v) is 11.8. The second-order valence-corrected chi connectivity index (χ2v) is 5.58. The van der Waals surface area contributed by atoms with Gasteiger partial charge >= 0.3 is 0 Å². The maximum atomic E-state index is 4.19. The quantitative estimate of drug-likeness (QED) is 0.886. The SMILES string of the molecule is CC(NC1CCN(C(C)C)CC1)c1cccnc1. The van der Waals surface area contributed by atoms with E-state index in [1.165, 1.54) is 31.5 Å². The van der Waals surface area contributed by atoms with E-state index in [1.54, 1.807) is 0 Å². The van der Waals surface area contributed by atoms with Gasteiger partial charge in [-0.15, -0.1) is 0 Å². The summed E-state index contributed by atoms with van der Waals surface area (Å²) in [6.07, 6.45) is 6.30. The van der Waals surface area contributed by atoms with E-state index in [0.717, 1.165) is 0 Å². The maximum absolute atomic E-state index is 4.19. The number of hydrogen-bond acceptors (Lipinski definition) is 3. The number of nitrogens with one attached hydrogen (secondary N) is 1. The summed E-state index contributed by atoms with van der Waals surface area (Å²) in [7, 11) is 0. The lowest BCUT2D eigenvalue weighted by Gasteiger charge is -2.36. The van der Waals surface area contributed by atoms with Crippen molar-refractivity contribution >= 4 is 0 Å². The Bertz CT molecular complexity index is 342. The summed E-state index contributed by atoms with van der Waals surface area (Å²) < 4.78 is 0. The van der Waals surface area contributed by atoms with Crippen LogP contribution >= 0.6 is 0 Å². The van der Waals surface area contributed by atoms with Gasteiger partial charge in [0.2, 0.25) is 0 Å². The number of piperidine rings is 1. The molecular weight excluding hydrogens is 222 g/mol. The van der Waals surface area contributed by atoms with E-state index in [4.69, 9.17) is 0 Å². The lowest BCUT2D eigenvalue weighted by molar-refractivity contribution is 0.157. The van der Waals surface area contributed by atoms with Crippen LogP contribution in [0.1, 0.15) is 45.2 Å². The van der Waals surface area contributed by atoms with Crippen LogP contribution in [0.25, 0.3) is 0 Å². The summed E-state index contributed by atoms with van der Waals surface area (Å²) in [5.74, 6) is 0. The second kappa shape index (κ2) is 6.30. The first-order valence-corrected chi connectivity index (χ1v) is 7.07. The summed E-state index contributed by atoms with van der Waals surface area (Å²) in [6, 6.07) is 5.88. The number of nitrogens with zero attached hydrogens (tertiary/aromatic N) is 2. The smallest absolute Gasteiger partial charge is 0.0315 e. The number of hydrogen-bond donors (Lipinski definition) is 1. The van der Waals surface area contributed by atoms with Crippen molar-refractivity contribution in [2.75, 3.05) is 13.1 Å². The predicted octanol–water partition coefficient (Wildman–Crippen LogP) is 2.61. The first-order chi connectivity index (χ1) is 8.66. The lowest BCUT2D eigenvalue weighted by Crippen LogP contribution is -2.45. The molecular formula is C15H25N3. The predicted molar refractivity (Wildman–Crippen MR) is 75.5 cm³/mol. The van der Waals surface area contributed by atoms with Crippen LogP contribution < -0.4 is 5.32 Å². The van der Waals surface area contributed by atoms with Gasteiger partial charge in [-0.2, -0.15) is 0 Å². The van der Waals surface area contributed by atoms with E-state index in [9.17, 15) is 0 Å². The zero-order valence-electron chi connectivity index (χ0n) is 11.8. The van der Waals surface area contributed by atoms with Crippen molar-refractivity contribution in [3.05, 3.63) is 30.1 Å². The van der Waals surface area contributed by atoms with Gasteiger partial charge in [0.25, 0.3) is 0 Å². The van der Waals surface area contributed by atoms with E-state index in [1.807, 2.05) is 18.5 Å². The molecule has 1 N–H and O–H groups in total. The van der Waals surface area contributed by atoms with Crippen LogP contribution in [0.4, 0.5) is 0 Å². The molecule has 2 heterocycles. The molecule has 1 unspecified atom stereocenters. The molecule has 1 atom stereocenters. The number of aromatic nitrogens is 1. The third-order valence-electron chi connectivity index (χ3n) is 3.93. The van der Waals surface area contributed by atoms with Gasteiger partial charge in [0.1, 0.15) is 0 Å². The lowest BCUT2D eigenvalue weighted by atomic mass is 10.0. The molecule has 0 aromatic carbocycles. The molecule has 3 nitrogen and oxygen atoms in total. The van der Waals surface area contributed by atoms with Crippen molar-refractivity contribution in [3.63, 3.8) is 0 Å². The third-order valence-corrected chi connectivity index (χ3v) is 3.93. The van der Waals surface area contributed by atoms with Gasteiger partial charge in [-0.25, -0.2) is 0 Å². The van der Waals surface area contributed by atoms with Crippen molar-refractivity contribution < 1.29 is 0 Å². The fourth-order valence-electron chi connectivity index (χ4n) is 2.66. The molecule has 0 saturated carbocycles. The highest BCUT2D eigenvalue weighted by Gasteiger charge is 2.21. The minimum absolute atomic E-state index is 0.397. The van der Waals surface area contributed by atoms with E-state index >= 15 is 0 Å². The molecule has 18 heavy (non-hydrogen) atoms. The fraction of sp³-hybridized carbons (Fsp3) is 0.667. The van der Waals surface area contributed by atoms with Gasteiger partial charge in [-0.05, 0) is 58.3 Å². The Morgan fingerprint density at radius 3 is 2.56 bits per heavy atom. The van der Waals surface area contributed by atoms with Gasteiger partial charge in [-0.1, -0.05) is 6.07 Å². The summed E-state index contributed by atoms with van der Waals surface area (Å²) in [6.45, 7) is 9.23. The minimum Gasteiger partial charge on any atom is -0.307 e. The molecule has 1 aromatic rings. The van der Waals surface area contributed by atoms with Crippen LogP contribution in [0.3, 0.4) is 0 Å². The van der Waals surface area contributed by atoms with Crippen molar-refractivity contribution in [3.8, 4) is 0 Å². The Morgan fingerprint density at radius 2 is 2.00 bits per heavy atom. The van der Waals surface area contributed by atoms with Crippen LogP contribution in [0, 0.1) is 0 Å². The van der Waals surface area contributed by atoms with Gasteiger partial charge in [0, 0.05) is 30.5 Å². The molecule has 0 radical (unpaired) electrons. The molecule has 2 rings (SSSR count). The number of rotatable bonds is 4. The highest BCUT2D eigenvalue weighted by Crippen LogP contribution is 2.17. The van der Waals surface area contributed by atoms with Crippen LogP contribution in [0.15, 0.2) is 24.5 Å². The molecule has 0 aliphatic carbocycles. The minimum atomic E-state index is 0.397. The van der Waals surface area contributed by atoms with E-state index in [2.05, 4.69) is 42.0 Å². The fourth-order valence-corrected chi connectivity index (χ4v) is 2.66. The first kappa shape index (κ1) is 13.5. The number of pyridine rings is 1. The van der Waals surface area contributed by atoms with Crippen LogP contribution in [-0.4, -0.2) is 35.1 Å². The molecule has 0 amide bonds. The average molecular weight is 247 g/mol. The molecule has 0 spiro atoms. The molecule has 1 aromatic heterocycles. The normalized spacial score (nSPS) is 20.2. The van der Waals surface area contributed by atoms with E-state index < -0.39 is 0 Å². The summed E-state index contributed by atoms with van der Waals surface area (Å²) in [5.41, 5.74) is 1.28. The largest absolute Gasteiger partial charge is 0.307 e. The highest BCUT2D eigenvalue weighted by atomic mass is 15.2. The van der Waals surface area contributed by atoms with Crippen LogP contribution in [0.2, 0.25) is 0 Å². The van der Waals surface area contributed by atoms with Gasteiger partial charge < -0.3 is 10.2 Å². The highest BCUT2D eigenvalue weighted by molar-refractivity contribution is 5.13. The standard InChI is InChI=1S/C15H25N3/c1-12(2)18-9-6-15(7-10-18)17-13(3)14-5-4-8-16-11-14/h4-5,8,11-13,15,17H,6-7,9-10H2,1-3H3. The van der Waals surface area contributed by atoms with Crippen molar-refractivity contribution in [1.29, 1.82) is 0 Å². The van der Waals surface area contributed by atoms with Crippen molar-refractivity contribution in [1.82, 2.24) is 15.2 Å². The molecule has 0 bridgehead atoms. The second-order valence-electron chi connectivity index (χ2n) is 5.58. The monoisotopic (exact) mass is 247 g/mol. The van der Waals surface area contributed by atoms with Crippen LogP contribution in [0.5, 0.6) is 0 Å². The molecule has 3 heteroatoms. The summed E-state index contributed by atoms with van der Waals surface area (Å²) in [4.78, 5) is 6.75. The Balaban J connectivity index is 1.81. The zero-order chi connectivity index (χ0) is 13.0. The average Bonchev–Trinajstić information content (AvgIpc) is 2.40. The topological polar surface area (TPSA) is 28.2 Å². The van der Waals surface area contributed by atoms with Crippen molar-refractivity contribution in [2.24, 2.45) is 0 Å². The van der Waals surface area contributed by atoms with E-state index in [-0.39, 0.29) is 0 Å². The Morgan fingerprint density at radius 1 is 1.28 bits per heavy atom. The first-order valence-electron chi connectivity index (χ1n) is 7.07. The molecule has 1 saturated heterocycles. The molecule has 1 fully saturated rings. The van der Waals surface area contributed by atoms with E-state index in [0.29, 0.717) is 18.1 Å². The molecule has 1 aliphatic rings. The van der Waals surface area contributed by atoms with Crippen LogP contribution in [-0.2, 0) is 0 Å². The Labute approximate surface area is 111 Å².